The zero-order chi connectivity index (χ0) is 13.6. The monoisotopic (exact) mass is 262 g/mol. The molecule has 18 heavy (non-hydrogen) atoms. The van der Waals surface area contributed by atoms with Gasteiger partial charge in [-0.05, 0) is 37.2 Å². The van der Waals surface area contributed by atoms with Gasteiger partial charge in [0.15, 0.2) is 0 Å². The number of alkyl halides is 3. The van der Waals surface area contributed by atoms with Crippen molar-refractivity contribution in [3.05, 3.63) is 29.8 Å². The zero-order valence-electron chi connectivity index (χ0n) is 9.46. The predicted octanol–water partition coefficient (Wildman–Crippen LogP) is 1.66. The summed E-state index contributed by atoms with van der Waals surface area (Å²) in [6, 6.07) is 4.70. The highest BCUT2D eigenvalue weighted by Gasteiger charge is 2.31. The van der Waals surface area contributed by atoms with E-state index < -0.39 is 6.36 Å². The first kappa shape index (κ1) is 14.3. The standard InChI is InChI=1S/C11H13F3N2O2/c12-11(13,14)18-9-4-2-8(3-5-9)10(17)16-7-1-6-15/h2-5H,1,6-7,15H2,(H,16,17). The fraction of sp³-hybridized carbons (Fsp3) is 0.364. The second-order valence-electron chi connectivity index (χ2n) is 3.47. The van der Waals surface area contributed by atoms with Gasteiger partial charge < -0.3 is 15.8 Å². The third-order valence-electron chi connectivity index (χ3n) is 2.02. The molecule has 1 aromatic carbocycles. The second kappa shape index (κ2) is 6.25. The lowest BCUT2D eigenvalue weighted by Crippen LogP contribution is -2.25. The van der Waals surface area contributed by atoms with E-state index in [4.69, 9.17) is 5.73 Å². The molecule has 100 valence electrons. The third kappa shape index (κ3) is 5.05. The van der Waals surface area contributed by atoms with Gasteiger partial charge in [0.1, 0.15) is 5.75 Å². The molecular formula is C11H13F3N2O2. The summed E-state index contributed by atoms with van der Waals surface area (Å²) in [7, 11) is 0. The lowest BCUT2D eigenvalue weighted by molar-refractivity contribution is -0.274. The molecule has 0 saturated heterocycles. The van der Waals surface area contributed by atoms with Crippen molar-refractivity contribution in [3.63, 3.8) is 0 Å². The maximum atomic E-state index is 11.9. The minimum atomic E-state index is -4.73. The molecule has 0 bridgehead atoms. The molecule has 1 rings (SSSR count). The number of hydrogen-bond donors (Lipinski definition) is 2. The van der Waals surface area contributed by atoms with E-state index in [0.29, 0.717) is 19.5 Å². The van der Waals surface area contributed by atoms with Crippen molar-refractivity contribution >= 4 is 5.91 Å². The van der Waals surface area contributed by atoms with Crippen molar-refractivity contribution in [2.24, 2.45) is 5.73 Å². The molecule has 4 nitrogen and oxygen atoms in total. The molecule has 0 aliphatic carbocycles. The highest BCUT2D eigenvalue weighted by atomic mass is 19.4. The number of rotatable bonds is 5. The van der Waals surface area contributed by atoms with Gasteiger partial charge >= 0.3 is 6.36 Å². The average Bonchev–Trinajstić information content (AvgIpc) is 2.28. The molecule has 7 heteroatoms. The Kier molecular flexibility index (Phi) is 4.96. The van der Waals surface area contributed by atoms with Crippen LogP contribution in [0.1, 0.15) is 16.8 Å². The quantitative estimate of drug-likeness (QED) is 0.793. The van der Waals surface area contributed by atoms with E-state index in [9.17, 15) is 18.0 Å². The summed E-state index contributed by atoms with van der Waals surface area (Å²) in [5.74, 6) is -0.719. The Hall–Kier alpha value is -1.76. The molecule has 0 atom stereocenters. The molecule has 0 radical (unpaired) electrons. The summed E-state index contributed by atoms with van der Waals surface area (Å²) < 4.78 is 39.4. The molecule has 0 aliphatic rings. The smallest absolute Gasteiger partial charge is 0.406 e. The number of benzene rings is 1. The Morgan fingerprint density at radius 3 is 2.39 bits per heavy atom. The lowest BCUT2D eigenvalue weighted by Gasteiger charge is -2.09. The van der Waals surface area contributed by atoms with Gasteiger partial charge in [-0.2, -0.15) is 0 Å². The number of carbonyl (C=O) groups excluding carboxylic acids is 1. The summed E-state index contributed by atoms with van der Waals surface area (Å²) in [5.41, 5.74) is 5.52. The van der Waals surface area contributed by atoms with Crippen LogP contribution in [0.25, 0.3) is 0 Å². The molecule has 0 fully saturated rings. The van der Waals surface area contributed by atoms with Crippen molar-refractivity contribution in [1.29, 1.82) is 0 Å². The fourth-order valence-electron chi connectivity index (χ4n) is 1.21. The predicted molar refractivity (Wildman–Crippen MR) is 59.1 cm³/mol. The number of carbonyl (C=O) groups is 1. The molecule has 3 N–H and O–H groups in total. The topological polar surface area (TPSA) is 64.3 Å². The van der Waals surface area contributed by atoms with Crippen LogP contribution >= 0.6 is 0 Å². The van der Waals surface area contributed by atoms with Gasteiger partial charge in [0.2, 0.25) is 0 Å². The number of ether oxygens (including phenoxy) is 1. The van der Waals surface area contributed by atoms with Gasteiger partial charge in [0, 0.05) is 12.1 Å². The molecule has 0 saturated carbocycles. The highest BCUT2D eigenvalue weighted by Crippen LogP contribution is 2.22. The summed E-state index contributed by atoms with van der Waals surface area (Å²) in [6.45, 7) is 0.884. The molecule has 1 aromatic rings. The van der Waals surface area contributed by atoms with Crippen molar-refractivity contribution in [2.75, 3.05) is 13.1 Å². The number of nitrogens with two attached hydrogens (primary N) is 1. The molecule has 0 unspecified atom stereocenters. The van der Waals surface area contributed by atoms with Gasteiger partial charge in [-0.3, -0.25) is 4.79 Å². The van der Waals surface area contributed by atoms with Crippen LogP contribution in [0.2, 0.25) is 0 Å². The van der Waals surface area contributed by atoms with Crippen LogP contribution in [-0.4, -0.2) is 25.4 Å². The van der Waals surface area contributed by atoms with Crippen molar-refractivity contribution in [2.45, 2.75) is 12.8 Å². The second-order valence-corrected chi connectivity index (χ2v) is 3.47. The Balaban J connectivity index is 2.57. The fourth-order valence-corrected chi connectivity index (χ4v) is 1.21. The Morgan fingerprint density at radius 1 is 1.28 bits per heavy atom. The SMILES string of the molecule is NCCCNC(=O)c1ccc(OC(F)(F)F)cc1. The first-order valence-corrected chi connectivity index (χ1v) is 5.26. The van der Waals surface area contributed by atoms with Crippen LogP contribution < -0.4 is 15.8 Å². The van der Waals surface area contributed by atoms with Gasteiger partial charge in [-0.15, -0.1) is 13.2 Å². The van der Waals surface area contributed by atoms with Gasteiger partial charge in [-0.1, -0.05) is 0 Å². The minimum Gasteiger partial charge on any atom is -0.406 e. The number of amides is 1. The number of nitrogens with one attached hydrogen (secondary N) is 1. The van der Waals surface area contributed by atoms with Gasteiger partial charge in [-0.25, -0.2) is 0 Å². The van der Waals surface area contributed by atoms with Crippen LogP contribution in [0.15, 0.2) is 24.3 Å². The molecule has 1 amide bonds. The molecule has 0 aromatic heterocycles. The Morgan fingerprint density at radius 2 is 1.89 bits per heavy atom. The van der Waals surface area contributed by atoms with Crippen LogP contribution in [0.4, 0.5) is 13.2 Å². The maximum absolute atomic E-state index is 11.9. The zero-order valence-corrected chi connectivity index (χ0v) is 9.46. The van der Waals surface area contributed by atoms with E-state index in [1.54, 1.807) is 0 Å². The van der Waals surface area contributed by atoms with E-state index >= 15 is 0 Å². The van der Waals surface area contributed by atoms with E-state index in [1.165, 1.54) is 12.1 Å². The highest BCUT2D eigenvalue weighted by molar-refractivity contribution is 5.94. The molecular weight excluding hydrogens is 249 g/mol. The summed E-state index contributed by atoms with van der Waals surface area (Å²) in [4.78, 5) is 11.5. The van der Waals surface area contributed by atoms with Crippen molar-refractivity contribution in [1.82, 2.24) is 5.32 Å². The summed E-state index contributed by atoms with van der Waals surface area (Å²) >= 11 is 0. The minimum absolute atomic E-state index is 0.265. The first-order chi connectivity index (χ1) is 8.42. The molecule has 0 spiro atoms. The Bertz CT molecular complexity index is 390. The molecule has 0 aliphatic heterocycles. The van der Waals surface area contributed by atoms with Gasteiger partial charge in [0.25, 0.3) is 5.91 Å². The normalized spacial score (nSPS) is 11.1. The summed E-state index contributed by atoms with van der Waals surface area (Å²) in [5, 5.41) is 2.59. The van der Waals surface area contributed by atoms with Crippen LogP contribution in [-0.2, 0) is 0 Å². The van der Waals surface area contributed by atoms with Crippen molar-refractivity contribution in [3.8, 4) is 5.75 Å². The summed E-state index contributed by atoms with van der Waals surface area (Å²) in [6.07, 6.45) is -4.09. The van der Waals surface area contributed by atoms with Gasteiger partial charge in [0.05, 0.1) is 0 Å². The van der Waals surface area contributed by atoms with Crippen LogP contribution in [0.3, 0.4) is 0 Å². The lowest BCUT2D eigenvalue weighted by atomic mass is 10.2. The van der Waals surface area contributed by atoms with E-state index in [-0.39, 0.29) is 17.2 Å². The third-order valence-corrected chi connectivity index (χ3v) is 2.02. The van der Waals surface area contributed by atoms with E-state index in [0.717, 1.165) is 12.1 Å². The number of halogens is 3. The average molecular weight is 262 g/mol. The van der Waals surface area contributed by atoms with Crippen LogP contribution in [0, 0.1) is 0 Å². The first-order valence-electron chi connectivity index (χ1n) is 5.26. The molecule has 0 heterocycles. The number of hydrogen-bond acceptors (Lipinski definition) is 3. The van der Waals surface area contributed by atoms with Crippen molar-refractivity contribution < 1.29 is 22.7 Å². The Labute approximate surface area is 102 Å². The van der Waals surface area contributed by atoms with Crippen LogP contribution in [0.5, 0.6) is 5.75 Å². The maximum Gasteiger partial charge on any atom is 0.573 e. The largest absolute Gasteiger partial charge is 0.573 e. The van der Waals surface area contributed by atoms with E-state index in [2.05, 4.69) is 10.1 Å². The van der Waals surface area contributed by atoms with E-state index in [1.807, 2.05) is 0 Å².